The fraction of sp³-hybridized carbons (Fsp3) is 0.455. The maximum atomic E-state index is 10.4. The van der Waals surface area contributed by atoms with E-state index in [1.54, 1.807) is 12.1 Å². The molecule has 0 spiro atoms. The van der Waals surface area contributed by atoms with Crippen molar-refractivity contribution < 1.29 is 14.9 Å². The lowest BCUT2D eigenvalue weighted by Crippen LogP contribution is -2.33. The van der Waals surface area contributed by atoms with Gasteiger partial charge in [0.15, 0.2) is 0 Å². The number of hydrogen-bond donors (Lipinski definition) is 2. The number of benzene rings is 1. The maximum absolute atomic E-state index is 10.4. The van der Waals surface area contributed by atoms with E-state index in [0.29, 0.717) is 36.6 Å². The Morgan fingerprint density at radius 2 is 1.93 bits per heavy atom. The van der Waals surface area contributed by atoms with Crippen molar-refractivity contribution in [1.29, 1.82) is 0 Å². The second kappa shape index (κ2) is 4.00. The lowest BCUT2D eigenvalue weighted by atomic mass is 9.86. The first kappa shape index (κ1) is 10.7. The molecule has 1 saturated heterocycles. The molecule has 3 nitrogen and oxygen atoms in total. The van der Waals surface area contributed by atoms with Crippen molar-refractivity contribution in [2.75, 3.05) is 13.2 Å². The first-order valence-corrected chi connectivity index (χ1v) is 5.29. The first-order chi connectivity index (χ1) is 7.13. The molecule has 82 valence electrons. The normalized spacial score (nSPS) is 20.1. The Morgan fingerprint density at radius 1 is 1.27 bits per heavy atom. The molecule has 4 heteroatoms. The minimum Gasteiger partial charge on any atom is -0.508 e. The molecule has 2 rings (SSSR count). The van der Waals surface area contributed by atoms with Crippen molar-refractivity contribution in [3.8, 4) is 5.75 Å². The Labute approximate surface area is 93.3 Å². The molecule has 1 aromatic carbocycles. The van der Waals surface area contributed by atoms with Gasteiger partial charge in [-0.1, -0.05) is 17.7 Å². The van der Waals surface area contributed by atoms with Crippen LogP contribution in [0.4, 0.5) is 0 Å². The van der Waals surface area contributed by atoms with E-state index in [4.69, 9.17) is 16.3 Å². The summed E-state index contributed by atoms with van der Waals surface area (Å²) in [5.41, 5.74) is -0.629. The number of rotatable bonds is 1. The molecular weight excluding hydrogens is 216 g/mol. The van der Waals surface area contributed by atoms with E-state index in [0.717, 1.165) is 0 Å². The number of phenols is 1. The highest BCUT2D eigenvalue weighted by Crippen LogP contribution is 2.41. The molecule has 0 bridgehead atoms. The Morgan fingerprint density at radius 3 is 2.53 bits per heavy atom. The standard InChI is InChI=1S/C11H13ClO3/c12-8-2-1-3-9(13)10(8)11(14)4-6-15-7-5-11/h1-3,13-14H,4-7H2. The molecule has 2 N–H and O–H groups in total. The molecule has 0 amide bonds. The average molecular weight is 229 g/mol. The first-order valence-electron chi connectivity index (χ1n) is 4.91. The zero-order chi connectivity index (χ0) is 10.9. The number of phenolic OH excluding ortho intramolecular Hbond substituents is 1. The monoisotopic (exact) mass is 228 g/mol. The summed E-state index contributed by atoms with van der Waals surface area (Å²) in [6.07, 6.45) is 0.925. The van der Waals surface area contributed by atoms with Crippen molar-refractivity contribution >= 4 is 11.6 Å². The van der Waals surface area contributed by atoms with Crippen LogP contribution in [0.1, 0.15) is 18.4 Å². The van der Waals surface area contributed by atoms with Crippen molar-refractivity contribution in [3.05, 3.63) is 28.8 Å². The SMILES string of the molecule is Oc1cccc(Cl)c1C1(O)CCOCC1. The highest BCUT2D eigenvalue weighted by atomic mass is 35.5. The minimum atomic E-state index is -1.05. The second-order valence-electron chi connectivity index (χ2n) is 3.78. The molecule has 0 aliphatic carbocycles. The number of ether oxygens (including phenoxy) is 1. The molecule has 0 atom stereocenters. The largest absolute Gasteiger partial charge is 0.508 e. The third-order valence-electron chi connectivity index (χ3n) is 2.78. The van der Waals surface area contributed by atoms with Gasteiger partial charge in [0, 0.05) is 31.6 Å². The van der Waals surface area contributed by atoms with Gasteiger partial charge in [0.05, 0.1) is 10.6 Å². The quantitative estimate of drug-likeness (QED) is 0.774. The molecule has 15 heavy (non-hydrogen) atoms. The highest BCUT2D eigenvalue weighted by molar-refractivity contribution is 6.31. The summed E-state index contributed by atoms with van der Waals surface area (Å²) in [4.78, 5) is 0. The van der Waals surface area contributed by atoms with Gasteiger partial charge in [0.25, 0.3) is 0 Å². The smallest absolute Gasteiger partial charge is 0.123 e. The number of hydrogen-bond acceptors (Lipinski definition) is 3. The van der Waals surface area contributed by atoms with Gasteiger partial charge in [-0.3, -0.25) is 0 Å². The van der Waals surface area contributed by atoms with Gasteiger partial charge in [0.1, 0.15) is 5.75 Å². The Balaban J connectivity index is 2.42. The number of aliphatic hydroxyl groups is 1. The fourth-order valence-electron chi connectivity index (χ4n) is 1.93. The van der Waals surface area contributed by atoms with Crippen LogP contribution in [0.5, 0.6) is 5.75 Å². The minimum absolute atomic E-state index is 0.0481. The summed E-state index contributed by atoms with van der Waals surface area (Å²) < 4.78 is 5.18. The summed E-state index contributed by atoms with van der Waals surface area (Å²) in [7, 11) is 0. The Bertz CT molecular complexity index is 339. The van der Waals surface area contributed by atoms with Crippen LogP contribution in [0.3, 0.4) is 0 Å². The molecule has 1 aromatic rings. The van der Waals surface area contributed by atoms with Crippen LogP contribution in [0.2, 0.25) is 5.02 Å². The Hall–Kier alpha value is -0.770. The third-order valence-corrected chi connectivity index (χ3v) is 3.09. The van der Waals surface area contributed by atoms with Crippen LogP contribution in [0.15, 0.2) is 18.2 Å². The zero-order valence-electron chi connectivity index (χ0n) is 8.24. The lowest BCUT2D eigenvalue weighted by molar-refractivity contribution is -0.0688. The summed E-state index contributed by atoms with van der Waals surface area (Å²) >= 11 is 5.99. The van der Waals surface area contributed by atoms with Crippen LogP contribution in [0.25, 0.3) is 0 Å². The predicted octanol–water partition coefficient (Wildman–Crippen LogP) is 2.04. The molecule has 1 fully saturated rings. The highest BCUT2D eigenvalue weighted by Gasteiger charge is 2.35. The van der Waals surface area contributed by atoms with Crippen LogP contribution in [-0.2, 0) is 10.3 Å². The van der Waals surface area contributed by atoms with Gasteiger partial charge in [-0.25, -0.2) is 0 Å². The molecule has 1 aliphatic rings. The van der Waals surface area contributed by atoms with Crippen molar-refractivity contribution in [2.24, 2.45) is 0 Å². The van der Waals surface area contributed by atoms with E-state index in [1.807, 2.05) is 0 Å². The van der Waals surface area contributed by atoms with Gasteiger partial charge in [-0.2, -0.15) is 0 Å². The van der Waals surface area contributed by atoms with Gasteiger partial charge < -0.3 is 14.9 Å². The van der Waals surface area contributed by atoms with Crippen LogP contribution in [0, 0.1) is 0 Å². The van der Waals surface area contributed by atoms with E-state index in [1.165, 1.54) is 6.07 Å². The number of aromatic hydroxyl groups is 1. The molecule has 0 radical (unpaired) electrons. The summed E-state index contributed by atoms with van der Waals surface area (Å²) in [5.74, 6) is 0.0481. The van der Waals surface area contributed by atoms with Gasteiger partial charge in [-0.15, -0.1) is 0 Å². The van der Waals surface area contributed by atoms with Gasteiger partial charge >= 0.3 is 0 Å². The average Bonchev–Trinajstić information content (AvgIpc) is 2.18. The Kier molecular flexibility index (Phi) is 2.87. The van der Waals surface area contributed by atoms with Gasteiger partial charge in [0.2, 0.25) is 0 Å². The molecule has 0 unspecified atom stereocenters. The van der Waals surface area contributed by atoms with Crippen molar-refractivity contribution in [3.63, 3.8) is 0 Å². The maximum Gasteiger partial charge on any atom is 0.123 e. The van der Waals surface area contributed by atoms with Crippen molar-refractivity contribution in [2.45, 2.75) is 18.4 Å². The van der Waals surface area contributed by atoms with Crippen LogP contribution in [-0.4, -0.2) is 23.4 Å². The lowest BCUT2D eigenvalue weighted by Gasteiger charge is -2.33. The van der Waals surface area contributed by atoms with Crippen LogP contribution >= 0.6 is 11.6 Å². The zero-order valence-corrected chi connectivity index (χ0v) is 9.00. The van der Waals surface area contributed by atoms with E-state index >= 15 is 0 Å². The van der Waals surface area contributed by atoms with E-state index in [9.17, 15) is 10.2 Å². The molecule has 0 aromatic heterocycles. The predicted molar refractivity (Wildman–Crippen MR) is 57.1 cm³/mol. The van der Waals surface area contributed by atoms with E-state index < -0.39 is 5.60 Å². The molecule has 1 heterocycles. The van der Waals surface area contributed by atoms with Crippen molar-refractivity contribution in [1.82, 2.24) is 0 Å². The summed E-state index contributed by atoms with van der Waals surface area (Å²) in [5, 5.41) is 20.5. The summed E-state index contributed by atoms with van der Waals surface area (Å²) in [6, 6.07) is 4.86. The summed E-state index contributed by atoms with van der Waals surface area (Å²) in [6.45, 7) is 0.975. The van der Waals surface area contributed by atoms with E-state index in [2.05, 4.69) is 0 Å². The molecule has 1 aliphatic heterocycles. The molecular formula is C11H13ClO3. The second-order valence-corrected chi connectivity index (χ2v) is 4.19. The topological polar surface area (TPSA) is 49.7 Å². The van der Waals surface area contributed by atoms with Crippen LogP contribution < -0.4 is 0 Å². The van der Waals surface area contributed by atoms with Gasteiger partial charge in [-0.05, 0) is 12.1 Å². The molecule has 0 saturated carbocycles. The third kappa shape index (κ3) is 1.95. The fourth-order valence-corrected chi connectivity index (χ4v) is 2.28. The number of halogens is 1. The van der Waals surface area contributed by atoms with E-state index in [-0.39, 0.29) is 5.75 Å².